The summed E-state index contributed by atoms with van der Waals surface area (Å²) in [5, 5.41) is 5.51. The number of unbranched alkanes of at least 4 members (excludes halogenated alkanes) is 4. The van der Waals surface area contributed by atoms with E-state index in [-0.39, 0.29) is 12.5 Å². The van der Waals surface area contributed by atoms with E-state index in [9.17, 15) is 19.2 Å². The minimum atomic E-state index is -1.27. The van der Waals surface area contributed by atoms with Gasteiger partial charge in [-0.05, 0) is 64.2 Å². The molecule has 9 nitrogen and oxygen atoms in total. The normalized spacial score (nSPS) is 12.8. The average molecular weight is 533 g/mol. The average Bonchev–Trinajstić information content (AvgIpc) is 2.81. The van der Waals surface area contributed by atoms with Gasteiger partial charge in [0.15, 0.2) is 0 Å². The topological polar surface area (TPSA) is 131 Å². The zero-order valence-electron chi connectivity index (χ0n) is 24.3. The SMILES string of the molecule is CCCCCCN(C(=O)C(CC(N)=O)NC(=O)OC(C)(C)C)C(C(=O)NCCCC)c1cccc(C)c1C. The number of nitrogens with one attached hydrogen (secondary N) is 2. The van der Waals surface area contributed by atoms with Gasteiger partial charge in [-0.2, -0.15) is 0 Å². The smallest absolute Gasteiger partial charge is 0.408 e. The number of nitrogens with two attached hydrogens (primary N) is 1. The van der Waals surface area contributed by atoms with Crippen LogP contribution < -0.4 is 16.4 Å². The summed E-state index contributed by atoms with van der Waals surface area (Å²) in [5.74, 6) is -1.60. The third kappa shape index (κ3) is 11.1. The van der Waals surface area contributed by atoms with Crippen molar-refractivity contribution in [1.29, 1.82) is 0 Å². The van der Waals surface area contributed by atoms with Crippen LogP contribution in [0.25, 0.3) is 0 Å². The molecule has 1 aromatic rings. The van der Waals surface area contributed by atoms with Crippen molar-refractivity contribution in [2.45, 2.75) is 111 Å². The highest BCUT2D eigenvalue weighted by Crippen LogP contribution is 2.28. The van der Waals surface area contributed by atoms with Gasteiger partial charge in [-0.3, -0.25) is 14.4 Å². The first-order valence-corrected chi connectivity index (χ1v) is 13.7. The fourth-order valence-electron chi connectivity index (χ4n) is 4.13. The maximum Gasteiger partial charge on any atom is 0.408 e. The van der Waals surface area contributed by atoms with Crippen molar-refractivity contribution in [3.05, 3.63) is 34.9 Å². The van der Waals surface area contributed by atoms with Gasteiger partial charge < -0.3 is 26.0 Å². The van der Waals surface area contributed by atoms with Crippen LogP contribution in [0.4, 0.5) is 4.79 Å². The van der Waals surface area contributed by atoms with E-state index in [2.05, 4.69) is 17.6 Å². The highest BCUT2D eigenvalue weighted by atomic mass is 16.6. The van der Waals surface area contributed by atoms with Crippen LogP contribution in [0.1, 0.15) is 102 Å². The van der Waals surface area contributed by atoms with Gasteiger partial charge in [0.05, 0.1) is 6.42 Å². The van der Waals surface area contributed by atoms with E-state index in [4.69, 9.17) is 10.5 Å². The number of benzene rings is 1. The number of alkyl carbamates (subject to hydrolysis) is 1. The van der Waals surface area contributed by atoms with Crippen LogP contribution >= 0.6 is 0 Å². The molecular formula is C29H48N4O5. The molecule has 0 saturated heterocycles. The molecule has 2 unspecified atom stereocenters. The highest BCUT2D eigenvalue weighted by Gasteiger charge is 2.37. The first kappa shape index (κ1) is 32.9. The summed E-state index contributed by atoms with van der Waals surface area (Å²) in [6.45, 7) is 13.9. The van der Waals surface area contributed by atoms with Gasteiger partial charge in [0.25, 0.3) is 0 Å². The van der Waals surface area contributed by atoms with Crippen molar-refractivity contribution < 1.29 is 23.9 Å². The number of nitrogens with zero attached hydrogens (tertiary/aromatic N) is 1. The van der Waals surface area contributed by atoms with Crippen molar-refractivity contribution in [3.8, 4) is 0 Å². The Labute approximate surface area is 228 Å². The Bertz CT molecular complexity index is 941. The molecule has 9 heteroatoms. The van der Waals surface area contributed by atoms with E-state index in [1.165, 1.54) is 4.90 Å². The molecule has 0 spiro atoms. The van der Waals surface area contributed by atoms with Crippen molar-refractivity contribution >= 4 is 23.8 Å². The van der Waals surface area contributed by atoms with Gasteiger partial charge in [-0.15, -0.1) is 0 Å². The molecule has 0 aromatic heterocycles. The predicted octanol–water partition coefficient (Wildman–Crippen LogP) is 4.44. The van der Waals surface area contributed by atoms with Gasteiger partial charge in [0.2, 0.25) is 17.7 Å². The fraction of sp³-hybridized carbons (Fsp3) is 0.655. The predicted molar refractivity (Wildman–Crippen MR) is 149 cm³/mol. The molecule has 4 amide bonds. The summed E-state index contributed by atoms with van der Waals surface area (Å²) in [7, 11) is 0. The summed E-state index contributed by atoms with van der Waals surface area (Å²) < 4.78 is 5.33. The van der Waals surface area contributed by atoms with E-state index in [1.807, 2.05) is 39.0 Å². The Morgan fingerprint density at radius 3 is 2.24 bits per heavy atom. The van der Waals surface area contributed by atoms with Gasteiger partial charge in [0, 0.05) is 13.1 Å². The number of carbonyl (C=O) groups excluding carboxylic acids is 4. The van der Waals surface area contributed by atoms with E-state index in [0.717, 1.165) is 43.2 Å². The second-order valence-corrected chi connectivity index (χ2v) is 10.8. The van der Waals surface area contributed by atoms with Gasteiger partial charge in [-0.1, -0.05) is 57.7 Å². The lowest BCUT2D eigenvalue weighted by atomic mass is 9.94. The zero-order valence-corrected chi connectivity index (χ0v) is 24.3. The van der Waals surface area contributed by atoms with Crippen LogP contribution in [0.3, 0.4) is 0 Å². The third-order valence-corrected chi connectivity index (χ3v) is 6.26. The van der Waals surface area contributed by atoms with E-state index >= 15 is 0 Å². The first-order chi connectivity index (χ1) is 17.8. The summed E-state index contributed by atoms with van der Waals surface area (Å²) in [4.78, 5) is 53.7. The Balaban J connectivity index is 3.54. The molecule has 2 atom stereocenters. The Morgan fingerprint density at radius 2 is 1.66 bits per heavy atom. The molecule has 0 aliphatic heterocycles. The fourth-order valence-corrected chi connectivity index (χ4v) is 4.13. The molecule has 1 aromatic carbocycles. The highest BCUT2D eigenvalue weighted by molar-refractivity contribution is 5.94. The van der Waals surface area contributed by atoms with Crippen LogP contribution in [0.2, 0.25) is 0 Å². The molecule has 0 radical (unpaired) electrons. The second kappa shape index (κ2) is 16.0. The van der Waals surface area contributed by atoms with E-state index < -0.39 is 42.0 Å². The molecule has 1 rings (SSSR count). The molecule has 4 N–H and O–H groups in total. The lowest BCUT2D eigenvalue weighted by molar-refractivity contribution is -0.143. The lowest BCUT2D eigenvalue weighted by Crippen LogP contribution is -2.54. The van der Waals surface area contributed by atoms with Crippen LogP contribution in [-0.4, -0.2) is 53.4 Å². The number of aryl methyl sites for hydroxylation is 1. The Morgan fingerprint density at radius 1 is 1.00 bits per heavy atom. The molecular weight excluding hydrogens is 484 g/mol. The van der Waals surface area contributed by atoms with Gasteiger partial charge in [0.1, 0.15) is 17.7 Å². The molecule has 38 heavy (non-hydrogen) atoms. The zero-order chi connectivity index (χ0) is 28.9. The van der Waals surface area contributed by atoms with Crippen molar-refractivity contribution in [1.82, 2.24) is 15.5 Å². The van der Waals surface area contributed by atoms with Gasteiger partial charge in [-0.25, -0.2) is 4.79 Å². The molecule has 0 fully saturated rings. The standard InChI is InChI=1S/C29H48N4O5/c1-8-10-12-13-18-33(27(36)23(19-24(30)34)32-28(37)38-29(5,6)7)25(26(35)31-17-11-9-2)22-16-14-15-20(3)21(22)4/h14-16,23,25H,8-13,17-19H2,1-7H3,(H2,30,34)(H,31,35)(H,32,37). The number of carbonyl (C=O) groups is 4. The summed E-state index contributed by atoms with van der Waals surface area (Å²) in [6, 6.07) is 3.46. The molecule has 0 bridgehead atoms. The van der Waals surface area contributed by atoms with E-state index in [1.54, 1.807) is 20.8 Å². The summed E-state index contributed by atoms with van der Waals surface area (Å²) >= 11 is 0. The maximum absolute atomic E-state index is 14.1. The number of ether oxygens (including phenoxy) is 1. The third-order valence-electron chi connectivity index (χ3n) is 6.26. The second-order valence-electron chi connectivity index (χ2n) is 10.8. The minimum absolute atomic E-state index is 0.281. The quantitative estimate of drug-likeness (QED) is 0.288. The van der Waals surface area contributed by atoms with Crippen LogP contribution in [0.15, 0.2) is 18.2 Å². The van der Waals surface area contributed by atoms with Crippen molar-refractivity contribution in [3.63, 3.8) is 0 Å². The first-order valence-electron chi connectivity index (χ1n) is 13.7. The lowest BCUT2D eigenvalue weighted by Gasteiger charge is -2.35. The molecule has 0 aliphatic carbocycles. The molecule has 0 saturated carbocycles. The van der Waals surface area contributed by atoms with E-state index in [0.29, 0.717) is 18.5 Å². The molecule has 0 aliphatic rings. The van der Waals surface area contributed by atoms with Crippen molar-refractivity contribution in [2.75, 3.05) is 13.1 Å². The van der Waals surface area contributed by atoms with Gasteiger partial charge >= 0.3 is 6.09 Å². The van der Waals surface area contributed by atoms with Crippen LogP contribution in [-0.2, 0) is 19.1 Å². The van der Waals surface area contributed by atoms with Crippen LogP contribution in [0.5, 0.6) is 0 Å². The number of hydrogen-bond donors (Lipinski definition) is 3. The summed E-state index contributed by atoms with van der Waals surface area (Å²) in [6.07, 6.45) is 4.00. The number of primary amides is 1. The number of amides is 4. The minimum Gasteiger partial charge on any atom is -0.444 e. The molecule has 0 heterocycles. The Hall–Kier alpha value is -3.10. The number of rotatable bonds is 15. The summed E-state index contributed by atoms with van der Waals surface area (Å²) in [5.41, 5.74) is 7.27. The maximum atomic E-state index is 14.1. The largest absolute Gasteiger partial charge is 0.444 e. The monoisotopic (exact) mass is 532 g/mol. The number of hydrogen-bond acceptors (Lipinski definition) is 5. The van der Waals surface area contributed by atoms with Crippen molar-refractivity contribution in [2.24, 2.45) is 5.73 Å². The molecule has 214 valence electrons. The Kier molecular flexibility index (Phi) is 13.9. The van der Waals surface area contributed by atoms with Crippen LogP contribution in [0, 0.1) is 13.8 Å².